The molecule has 2 saturated carbocycles. The Kier molecular flexibility index (Phi) is 10.1. The van der Waals surface area contributed by atoms with Crippen LogP contribution in [0.4, 0.5) is 16.2 Å². The van der Waals surface area contributed by atoms with Gasteiger partial charge in [0.25, 0.3) is 0 Å². The number of carbonyl (C=O) groups excluding carboxylic acids is 2. The van der Waals surface area contributed by atoms with E-state index in [-0.39, 0.29) is 11.9 Å². The van der Waals surface area contributed by atoms with Gasteiger partial charge in [0.2, 0.25) is 5.91 Å². The molecule has 0 aliphatic heterocycles. The molecule has 2 aromatic carbocycles. The zero-order valence-electron chi connectivity index (χ0n) is 26.0. The molecular weight excluding hydrogens is 634 g/mol. The van der Waals surface area contributed by atoms with E-state index in [0.29, 0.717) is 23.7 Å². The predicted molar refractivity (Wildman–Crippen MR) is 181 cm³/mol. The lowest BCUT2D eigenvalue weighted by Gasteiger charge is -2.23. The minimum Gasteiger partial charge on any atom is -0.444 e. The second-order valence-electron chi connectivity index (χ2n) is 13.0. The Balaban J connectivity index is 0.000000179. The van der Waals surface area contributed by atoms with Crippen LogP contribution in [0.2, 0.25) is 0 Å². The summed E-state index contributed by atoms with van der Waals surface area (Å²) in [6, 6.07) is 14.9. The fraction of sp³-hybridized carbons (Fsp3) is 0.412. The molecule has 2 fully saturated rings. The smallest absolute Gasteiger partial charge is 0.408 e. The number of hydrogen-bond acceptors (Lipinski definition) is 7. The number of fused-ring (bicyclic) bond motifs is 1. The number of hydrogen-bond donors (Lipinski definition) is 5. The third-order valence-electron chi connectivity index (χ3n) is 7.69. The van der Waals surface area contributed by atoms with Crippen LogP contribution in [0, 0.1) is 11.8 Å². The summed E-state index contributed by atoms with van der Waals surface area (Å²) >= 11 is 3.33. The zero-order chi connectivity index (χ0) is 32.1. The number of nitrogen functional groups attached to an aromatic ring is 1. The highest BCUT2D eigenvalue weighted by molar-refractivity contribution is 9.10. The summed E-state index contributed by atoms with van der Waals surface area (Å²) in [6.45, 7) is 5.35. The van der Waals surface area contributed by atoms with E-state index < -0.39 is 17.7 Å². The predicted octanol–water partition coefficient (Wildman–Crippen LogP) is 7.09. The van der Waals surface area contributed by atoms with Crippen molar-refractivity contribution in [1.29, 1.82) is 0 Å². The van der Waals surface area contributed by atoms with E-state index in [4.69, 9.17) is 16.2 Å². The van der Waals surface area contributed by atoms with E-state index in [1.54, 1.807) is 39.0 Å². The van der Waals surface area contributed by atoms with Crippen LogP contribution in [0.1, 0.15) is 71.2 Å². The number of halogens is 1. The molecule has 45 heavy (non-hydrogen) atoms. The minimum atomic E-state index is -0.643. The maximum absolute atomic E-state index is 12.6. The standard InChI is InChI=1S/C17H24BrN3O3.C17H18N4/c1-17(2,3)24-16(23)21-14(8-10-4-5-10)15(22)20-13-7-6-11(18)9-12(13)19;18-14(9-11-1-2-11)17-20-15-4-3-13(10-16(15)21-17)12-5-7-19-8-6-12/h6-7,9-10,14H,4-5,8,19H2,1-3H3,(H,20,22)(H,21,23);3-8,10-11,14H,1-2,9,18H2,(H,20,21)/t2*14-/m11/s1. The maximum Gasteiger partial charge on any atom is 0.408 e. The molecule has 0 spiro atoms. The number of imidazole rings is 1. The normalized spacial score (nSPS) is 15.8. The Morgan fingerprint density at radius 2 is 1.69 bits per heavy atom. The minimum absolute atomic E-state index is 0.0225. The van der Waals surface area contributed by atoms with Gasteiger partial charge in [-0.25, -0.2) is 9.78 Å². The van der Waals surface area contributed by atoms with Crippen LogP contribution in [0.3, 0.4) is 0 Å². The second kappa shape index (κ2) is 14.0. The number of amides is 2. The number of nitrogens with zero attached hydrogens (tertiary/aromatic N) is 2. The largest absolute Gasteiger partial charge is 0.444 e. The quantitative estimate of drug-likeness (QED) is 0.118. The Hall–Kier alpha value is -3.96. The number of aromatic amines is 1. The first-order valence-electron chi connectivity index (χ1n) is 15.4. The van der Waals surface area contributed by atoms with Gasteiger partial charge in [-0.05, 0) is 99.0 Å². The van der Waals surface area contributed by atoms with Gasteiger partial charge < -0.3 is 31.8 Å². The number of aromatic nitrogens is 3. The molecule has 10 nitrogen and oxygen atoms in total. The number of nitrogens with one attached hydrogen (secondary N) is 3. The number of ether oxygens (including phenoxy) is 1. The summed E-state index contributed by atoms with van der Waals surface area (Å²) in [7, 11) is 0. The molecule has 0 unspecified atom stereocenters. The topological polar surface area (TPSA) is 161 Å². The summed E-state index contributed by atoms with van der Waals surface area (Å²) in [5.74, 6) is 1.89. The molecule has 2 aliphatic rings. The van der Waals surface area contributed by atoms with Crippen LogP contribution >= 0.6 is 15.9 Å². The number of carbonyl (C=O) groups is 2. The maximum atomic E-state index is 12.6. The van der Waals surface area contributed by atoms with Crippen LogP contribution in [0.15, 0.2) is 65.4 Å². The van der Waals surface area contributed by atoms with Gasteiger partial charge in [-0.15, -0.1) is 0 Å². The summed E-state index contributed by atoms with van der Waals surface area (Å²) in [6.07, 6.45) is 9.47. The monoisotopic (exact) mass is 675 g/mol. The number of pyridine rings is 1. The van der Waals surface area contributed by atoms with Crippen molar-refractivity contribution in [1.82, 2.24) is 20.3 Å². The molecule has 11 heteroatoms. The van der Waals surface area contributed by atoms with E-state index in [1.807, 2.05) is 24.5 Å². The molecule has 7 N–H and O–H groups in total. The lowest BCUT2D eigenvalue weighted by molar-refractivity contribution is -0.118. The molecule has 0 saturated heterocycles. The fourth-order valence-electron chi connectivity index (χ4n) is 4.99. The molecule has 0 radical (unpaired) electrons. The van der Waals surface area contributed by atoms with Crippen molar-refractivity contribution in [3.8, 4) is 11.1 Å². The number of rotatable bonds is 9. The van der Waals surface area contributed by atoms with E-state index in [2.05, 4.69) is 59.7 Å². The number of nitrogens with two attached hydrogens (primary N) is 2. The van der Waals surface area contributed by atoms with Crippen LogP contribution in [0.5, 0.6) is 0 Å². The molecule has 238 valence electrons. The van der Waals surface area contributed by atoms with Crippen LogP contribution < -0.4 is 22.1 Å². The molecular formula is C34H42BrN7O3. The van der Waals surface area contributed by atoms with Gasteiger partial charge >= 0.3 is 6.09 Å². The first-order valence-corrected chi connectivity index (χ1v) is 16.2. The highest BCUT2D eigenvalue weighted by atomic mass is 79.9. The summed E-state index contributed by atoms with van der Waals surface area (Å²) in [5.41, 5.74) is 16.9. The van der Waals surface area contributed by atoms with Gasteiger partial charge in [0, 0.05) is 16.9 Å². The lowest BCUT2D eigenvalue weighted by atomic mass is 10.1. The molecule has 2 atom stereocenters. The van der Waals surface area contributed by atoms with Gasteiger partial charge in [0.15, 0.2) is 0 Å². The van der Waals surface area contributed by atoms with E-state index in [1.165, 1.54) is 12.8 Å². The Morgan fingerprint density at radius 3 is 2.33 bits per heavy atom. The first-order chi connectivity index (χ1) is 21.4. The van der Waals surface area contributed by atoms with E-state index in [0.717, 1.165) is 57.6 Å². The van der Waals surface area contributed by atoms with Crippen molar-refractivity contribution in [3.05, 3.63) is 71.2 Å². The van der Waals surface area contributed by atoms with Gasteiger partial charge in [0.1, 0.15) is 17.5 Å². The molecule has 4 aromatic rings. The fourth-order valence-corrected chi connectivity index (χ4v) is 5.37. The molecule has 2 heterocycles. The third kappa shape index (κ3) is 9.76. The Morgan fingerprint density at radius 1 is 1.00 bits per heavy atom. The first kappa shape index (κ1) is 32.4. The van der Waals surface area contributed by atoms with Crippen LogP contribution in [0.25, 0.3) is 22.2 Å². The zero-order valence-corrected chi connectivity index (χ0v) is 27.6. The number of anilines is 2. The molecule has 6 rings (SSSR count). The summed E-state index contributed by atoms with van der Waals surface area (Å²) < 4.78 is 6.08. The highest BCUT2D eigenvalue weighted by Gasteiger charge is 2.32. The number of benzene rings is 2. The molecule has 2 amide bonds. The SMILES string of the molecule is CC(C)(C)OC(=O)N[C@H](CC1CC1)C(=O)Nc1ccc(Br)cc1N.N[C@H](CC1CC1)c1nc2ccc(-c3ccncc3)cc2[nH]1. The van der Waals surface area contributed by atoms with Gasteiger partial charge in [-0.1, -0.05) is 47.7 Å². The third-order valence-corrected chi connectivity index (χ3v) is 8.19. The number of alkyl carbamates (subject to hydrolysis) is 1. The molecule has 2 aromatic heterocycles. The summed E-state index contributed by atoms with van der Waals surface area (Å²) in [4.78, 5) is 36.6. The number of H-pyrrole nitrogens is 1. The van der Waals surface area contributed by atoms with Crippen molar-refractivity contribution in [2.75, 3.05) is 11.1 Å². The van der Waals surface area contributed by atoms with Crippen LogP contribution in [-0.2, 0) is 9.53 Å². The van der Waals surface area contributed by atoms with E-state index in [9.17, 15) is 9.59 Å². The van der Waals surface area contributed by atoms with Gasteiger partial charge in [-0.3, -0.25) is 9.78 Å². The van der Waals surface area contributed by atoms with Crippen molar-refractivity contribution >= 4 is 50.3 Å². The highest BCUT2D eigenvalue weighted by Crippen LogP contribution is 2.37. The Labute approximate surface area is 272 Å². The lowest BCUT2D eigenvalue weighted by Crippen LogP contribution is -2.46. The summed E-state index contributed by atoms with van der Waals surface area (Å²) in [5, 5.41) is 5.46. The second-order valence-corrected chi connectivity index (χ2v) is 13.9. The Bertz CT molecular complexity index is 1630. The van der Waals surface area contributed by atoms with Crippen molar-refractivity contribution in [3.63, 3.8) is 0 Å². The van der Waals surface area contributed by atoms with Crippen LogP contribution in [-0.4, -0.2) is 38.6 Å². The molecule has 2 aliphatic carbocycles. The van der Waals surface area contributed by atoms with Gasteiger partial charge in [0.05, 0.1) is 28.5 Å². The van der Waals surface area contributed by atoms with Crippen molar-refractivity contribution < 1.29 is 14.3 Å². The average molecular weight is 677 g/mol. The van der Waals surface area contributed by atoms with E-state index >= 15 is 0 Å². The van der Waals surface area contributed by atoms with Crippen molar-refractivity contribution in [2.45, 2.75) is 77.0 Å². The molecule has 0 bridgehead atoms. The van der Waals surface area contributed by atoms with Gasteiger partial charge in [-0.2, -0.15) is 0 Å². The van der Waals surface area contributed by atoms with Crippen molar-refractivity contribution in [2.24, 2.45) is 17.6 Å². The average Bonchev–Trinajstić information content (AvgIpc) is 3.92.